The molecule has 2 atom stereocenters. The number of nitrogens with one attached hydrogen (secondary N) is 2. The molecule has 0 spiro atoms. The number of anilines is 1. The average Bonchev–Trinajstić information content (AvgIpc) is 3.26. The van der Waals surface area contributed by atoms with Crippen molar-refractivity contribution < 1.29 is 4.79 Å². The Balaban J connectivity index is 1.44. The lowest BCUT2D eigenvalue weighted by molar-refractivity contribution is -0.128. The van der Waals surface area contributed by atoms with Gasteiger partial charge in [0.25, 0.3) is 0 Å². The molecule has 0 bridgehead atoms. The van der Waals surface area contributed by atoms with Crippen LogP contribution in [0.4, 0.5) is 5.69 Å². The summed E-state index contributed by atoms with van der Waals surface area (Å²) in [5.41, 5.74) is 1.86. The predicted molar refractivity (Wildman–Crippen MR) is 93.7 cm³/mol. The van der Waals surface area contributed by atoms with Gasteiger partial charge in [-0.15, -0.1) is 0 Å². The SMILES string of the molecule is O=C(Nc1ccc(Cn2cccn2)cc1)[C@@]12CCCC[C@H]1CNC2. The molecule has 2 aliphatic rings. The van der Waals surface area contributed by atoms with E-state index in [4.69, 9.17) is 0 Å². The Morgan fingerprint density at radius 1 is 1.33 bits per heavy atom. The van der Waals surface area contributed by atoms with Crippen molar-refractivity contribution in [1.82, 2.24) is 15.1 Å². The highest BCUT2D eigenvalue weighted by atomic mass is 16.2. The van der Waals surface area contributed by atoms with Crippen molar-refractivity contribution in [3.05, 3.63) is 48.3 Å². The van der Waals surface area contributed by atoms with Gasteiger partial charge in [0.05, 0.1) is 12.0 Å². The third-order valence-electron chi connectivity index (χ3n) is 5.61. The number of rotatable bonds is 4. The summed E-state index contributed by atoms with van der Waals surface area (Å²) in [6.07, 6.45) is 8.32. The molecule has 1 saturated carbocycles. The molecule has 1 aromatic heterocycles. The van der Waals surface area contributed by atoms with Crippen LogP contribution < -0.4 is 10.6 Å². The fourth-order valence-corrected chi connectivity index (χ4v) is 4.22. The van der Waals surface area contributed by atoms with Crippen molar-refractivity contribution in [1.29, 1.82) is 0 Å². The summed E-state index contributed by atoms with van der Waals surface area (Å²) >= 11 is 0. The molecule has 1 aliphatic carbocycles. The maximum absolute atomic E-state index is 12.9. The topological polar surface area (TPSA) is 59.0 Å². The van der Waals surface area contributed by atoms with Crippen LogP contribution in [0.3, 0.4) is 0 Å². The number of hydrogen-bond acceptors (Lipinski definition) is 3. The summed E-state index contributed by atoms with van der Waals surface area (Å²) in [5.74, 6) is 0.683. The standard InChI is InChI=1S/C19H24N4O/c24-18(19-9-2-1-4-16(19)12-20-14-19)22-17-7-5-15(6-8-17)13-23-11-3-10-21-23/h3,5-8,10-11,16,20H,1-2,4,9,12-14H2,(H,22,24)/t16-,19+/m0/s1. The Hall–Kier alpha value is -2.14. The number of benzene rings is 1. The van der Waals surface area contributed by atoms with Gasteiger partial charge in [-0.25, -0.2) is 0 Å². The zero-order chi connectivity index (χ0) is 16.4. The van der Waals surface area contributed by atoms with Gasteiger partial charge >= 0.3 is 0 Å². The molecule has 2 N–H and O–H groups in total. The van der Waals surface area contributed by atoms with Gasteiger partial charge in [-0.2, -0.15) is 5.10 Å². The van der Waals surface area contributed by atoms with E-state index in [1.54, 1.807) is 6.20 Å². The monoisotopic (exact) mass is 324 g/mol. The second-order valence-corrected chi connectivity index (χ2v) is 7.08. The Morgan fingerprint density at radius 2 is 2.21 bits per heavy atom. The minimum atomic E-state index is -0.202. The highest BCUT2D eigenvalue weighted by Gasteiger charge is 2.49. The summed E-state index contributed by atoms with van der Waals surface area (Å²) in [6, 6.07) is 10.0. The van der Waals surface area contributed by atoms with Crippen LogP contribution in [0.5, 0.6) is 0 Å². The molecular formula is C19H24N4O. The van der Waals surface area contributed by atoms with Crippen molar-refractivity contribution in [3.8, 4) is 0 Å². The van der Waals surface area contributed by atoms with Gasteiger partial charge in [0, 0.05) is 24.6 Å². The first-order valence-corrected chi connectivity index (χ1v) is 8.85. The third-order valence-corrected chi connectivity index (χ3v) is 5.61. The van der Waals surface area contributed by atoms with Crippen LogP contribution in [-0.2, 0) is 11.3 Å². The Morgan fingerprint density at radius 3 is 3.00 bits per heavy atom. The zero-order valence-corrected chi connectivity index (χ0v) is 13.9. The first kappa shape index (κ1) is 15.4. The number of carbonyl (C=O) groups excluding carboxylic acids is 1. The van der Waals surface area contributed by atoms with Gasteiger partial charge in [0.2, 0.25) is 5.91 Å². The predicted octanol–water partition coefficient (Wildman–Crippen LogP) is 2.65. The van der Waals surface area contributed by atoms with E-state index < -0.39 is 0 Å². The highest BCUT2D eigenvalue weighted by Crippen LogP contribution is 2.44. The molecule has 24 heavy (non-hydrogen) atoms. The van der Waals surface area contributed by atoms with E-state index in [9.17, 15) is 4.79 Å². The molecule has 2 heterocycles. The minimum Gasteiger partial charge on any atom is -0.326 e. The van der Waals surface area contributed by atoms with Gasteiger partial charge in [0.1, 0.15) is 0 Å². The fourth-order valence-electron chi connectivity index (χ4n) is 4.22. The maximum Gasteiger partial charge on any atom is 0.232 e. The summed E-state index contributed by atoms with van der Waals surface area (Å²) in [4.78, 5) is 12.9. The smallest absolute Gasteiger partial charge is 0.232 e. The zero-order valence-electron chi connectivity index (χ0n) is 13.9. The van der Waals surface area contributed by atoms with E-state index in [0.29, 0.717) is 5.92 Å². The average molecular weight is 324 g/mol. The van der Waals surface area contributed by atoms with E-state index in [1.165, 1.54) is 18.4 Å². The van der Waals surface area contributed by atoms with E-state index in [-0.39, 0.29) is 11.3 Å². The number of nitrogens with zero attached hydrogens (tertiary/aromatic N) is 2. The first-order valence-electron chi connectivity index (χ1n) is 8.85. The van der Waals surface area contributed by atoms with Gasteiger partial charge in [-0.05, 0) is 49.1 Å². The normalized spacial score (nSPS) is 26.1. The van der Waals surface area contributed by atoms with Crippen LogP contribution in [0.15, 0.2) is 42.7 Å². The summed E-state index contributed by atoms with van der Waals surface area (Å²) < 4.78 is 1.89. The molecule has 0 radical (unpaired) electrons. The molecule has 5 heteroatoms. The van der Waals surface area contributed by atoms with Crippen LogP contribution in [-0.4, -0.2) is 28.8 Å². The number of amides is 1. The molecule has 1 amide bonds. The Kier molecular flexibility index (Phi) is 4.10. The van der Waals surface area contributed by atoms with Crippen molar-refractivity contribution in [2.75, 3.05) is 18.4 Å². The first-order chi connectivity index (χ1) is 11.8. The van der Waals surface area contributed by atoms with Gasteiger partial charge < -0.3 is 10.6 Å². The number of carbonyl (C=O) groups is 1. The lowest BCUT2D eigenvalue weighted by atomic mass is 9.67. The number of fused-ring (bicyclic) bond motifs is 1. The largest absolute Gasteiger partial charge is 0.326 e. The molecule has 2 fully saturated rings. The molecule has 1 aromatic carbocycles. The van der Waals surface area contributed by atoms with Gasteiger partial charge in [0.15, 0.2) is 0 Å². The van der Waals surface area contributed by atoms with Crippen molar-refractivity contribution >= 4 is 11.6 Å². The second-order valence-electron chi connectivity index (χ2n) is 7.08. The van der Waals surface area contributed by atoms with Crippen molar-refractivity contribution in [2.45, 2.75) is 32.2 Å². The van der Waals surface area contributed by atoms with E-state index in [0.717, 1.165) is 38.2 Å². The molecule has 126 valence electrons. The number of aromatic nitrogens is 2. The summed E-state index contributed by atoms with van der Waals surface area (Å²) in [6.45, 7) is 2.55. The molecule has 1 aliphatic heterocycles. The van der Waals surface area contributed by atoms with E-state index in [2.05, 4.69) is 27.9 Å². The van der Waals surface area contributed by atoms with E-state index in [1.807, 2.05) is 29.1 Å². The van der Waals surface area contributed by atoms with Gasteiger partial charge in [-0.3, -0.25) is 9.48 Å². The lowest BCUT2D eigenvalue weighted by Gasteiger charge is -2.37. The van der Waals surface area contributed by atoms with Crippen LogP contribution in [0.25, 0.3) is 0 Å². The van der Waals surface area contributed by atoms with Crippen LogP contribution >= 0.6 is 0 Å². The highest BCUT2D eigenvalue weighted by molar-refractivity contribution is 5.96. The molecule has 5 nitrogen and oxygen atoms in total. The molecule has 0 unspecified atom stereocenters. The molecular weight excluding hydrogens is 300 g/mol. The molecule has 1 saturated heterocycles. The van der Waals surface area contributed by atoms with Crippen LogP contribution in [0, 0.1) is 11.3 Å². The second kappa shape index (κ2) is 6.40. The van der Waals surface area contributed by atoms with Crippen molar-refractivity contribution in [3.63, 3.8) is 0 Å². The molecule has 2 aromatic rings. The fraction of sp³-hybridized carbons (Fsp3) is 0.474. The van der Waals surface area contributed by atoms with Crippen LogP contribution in [0.2, 0.25) is 0 Å². The van der Waals surface area contributed by atoms with E-state index >= 15 is 0 Å². The van der Waals surface area contributed by atoms with Crippen LogP contribution in [0.1, 0.15) is 31.2 Å². The summed E-state index contributed by atoms with van der Waals surface area (Å²) in [5, 5.41) is 10.8. The van der Waals surface area contributed by atoms with Gasteiger partial charge in [-0.1, -0.05) is 25.0 Å². The van der Waals surface area contributed by atoms with Crippen molar-refractivity contribution in [2.24, 2.45) is 11.3 Å². The Labute approximate surface area is 142 Å². The minimum absolute atomic E-state index is 0.192. The molecule has 4 rings (SSSR count). The maximum atomic E-state index is 12.9. The number of hydrogen-bond donors (Lipinski definition) is 2. The quantitative estimate of drug-likeness (QED) is 0.909. The Bertz CT molecular complexity index is 695. The lowest BCUT2D eigenvalue weighted by Crippen LogP contribution is -2.44. The third kappa shape index (κ3) is 2.84. The summed E-state index contributed by atoms with van der Waals surface area (Å²) in [7, 11) is 0.